The molecule has 112 valence electrons. The van der Waals surface area contributed by atoms with Gasteiger partial charge in [-0.1, -0.05) is 0 Å². The highest BCUT2D eigenvalue weighted by atomic mass is 32.2. The molecule has 1 unspecified atom stereocenters. The fraction of sp³-hybridized carbons (Fsp3) is 0.583. The predicted octanol–water partition coefficient (Wildman–Crippen LogP) is 0.862. The van der Waals surface area contributed by atoms with E-state index in [2.05, 4.69) is 4.72 Å². The molecule has 0 bridgehead atoms. The Labute approximate surface area is 117 Å². The number of carboxylic acids is 1. The molecule has 1 aliphatic heterocycles. The standard InChI is InChI=1S/C12H18N2O5S/c1-9-5-6-10(19-9)8-13-20(17,18)14-7-3-2-4-11(14)12(15)16/h5-6,11,13H,2-4,7-8H2,1H3,(H,15,16). The van der Waals surface area contributed by atoms with Gasteiger partial charge in [0.15, 0.2) is 0 Å². The van der Waals surface area contributed by atoms with Crippen LogP contribution in [0.4, 0.5) is 0 Å². The minimum atomic E-state index is -3.82. The summed E-state index contributed by atoms with van der Waals surface area (Å²) in [5.74, 6) is 0.0828. The van der Waals surface area contributed by atoms with Crippen LogP contribution in [0.1, 0.15) is 30.8 Å². The van der Waals surface area contributed by atoms with Crippen molar-refractivity contribution in [1.29, 1.82) is 0 Å². The Kier molecular flexibility index (Phi) is 4.46. The molecule has 1 aromatic rings. The minimum absolute atomic E-state index is 0.0129. The first-order valence-electron chi connectivity index (χ1n) is 6.45. The largest absolute Gasteiger partial charge is 0.480 e. The number of hydrogen-bond acceptors (Lipinski definition) is 4. The summed E-state index contributed by atoms with van der Waals surface area (Å²) in [7, 11) is -3.82. The minimum Gasteiger partial charge on any atom is -0.480 e. The Morgan fingerprint density at radius 2 is 2.25 bits per heavy atom. The van der Waals surface area contributed by atoms with Crippen molar-refractivity contribution in [3.05, 3.63) is 23.7 Å². The van der Waals surface area contributed by atoms with Crippen LogP contribution in [0.2, 0.25) is 0 Å². The lowest BCUT2D eigenvalue weighted by molar-refractivity contribution is -0.142. The molecule has 0 spiro atoms. The normalized spacial score (nSPS) is 20.9. The Morgan fingerprint density at radius 3 is 2.85 bits per heavy atom. The van der Waals surface area contributed by atoms with Crippen molar-refractivity contribution in [3.63, 3.8) is 0 Å². The summed E-state index contributed by atoms with van der Waals surface area (Å²) in [5.41, 5.74) is 0. The Hall–Kier alpha value is -1.38. The van der Waals surface area contributed by atoms with Gasteiger partial charge in [0.25, 0.3) is 10.2 Å². The molecule has 1 aromatic heterocycles. The fourth-order valence-electron chi connectivity index (χ4n) is 2.26. The zero-order valence-corrected chi connectivity index (χ0v) is 12.0. The van der Waals surface area contributed by atoms with Gasteiger partial charge < -0.3 is 9.52 Å². The molecule has 2 rings (SSSR count). The van der Waals surface area contributed by atoms with Crippen LogP contribution in [0.25, 0.3) is 0 Å². The molecule has 1 aliphatic rings. The third-order valence-corrected chi connectivity index (χ3v) is 4.84. The number of furan rings is 1. The molecule has 20 heavy (non-hydrogen) atoms. The average Bonchev–Trinajstić information content (AvgIpc) is 2.82. The summed E-state index contributed by atoms with van der Waals surface area (Å²) >= 11 is 0. The van der Waals surface area contributed by atoms with Gasteiger partial charge in [-0.15, -0.1) is 0 Å². The molecule has 0 aromatic carbocycles. The second-order valence-electron chi connectivity index (χ2n) is 4.80. The van der Waals surface area contributed by atoms with Crippen LogP contribution < -0.4 is 4.72 Å². The van der Waals surface area contributed by atoms with Crippen LogP contribution in [0.5, 0.6) is 0 Å². The number of carboxylic acid groups (broad SMARTS) is 1. The van der Waals surface area contributed by atoms with E-state index in [0.717, 1.165) is 10.7 Å². The van der Waals surface area contributed by atoms with Crippen molar-refractivity contribution < 1.29 is 22.7 Å². The van der Waals surface area contributed by atoms with Gasteiger partial charge in [0, 0.05) is 6.54 Å². The molecule has 2 heterocycles. The molecule has 0 aliphatic carbocycles. The van der Waals surface area contributed by atoms with Gasteiger partial charge in [0.2, 0.25) is 0 Å². The molecular formula is C12H18N2O5S. The van der Waals surface area contributed by atoms with E-state index in [9.17, 15) is 13.2 Å². The Balaban J connectivity index is 2.06. The lowest BCUT2D eigenvalue weighted by atomic mass is 10.1. The quantitative estimate of drug-likeness (QED) is 0.840. The maximum absolute atomic E-state index is 12.2. The van der Waals surface area contributed by atoms with Gasteiger partial charge in [-0.3, -0.25) is 4.79 Å². The highest BCUT2D eigenvalue weighted by Gasteiger charge is 2.36. The van der Waals surface area contributed by atoms with Gasteiger partial charge in [0.1, 0.15) is 17.6 Å². The molecule has 7 nitrogen and oxygen atoms in total. The van der Waals surface area contributed by atoms with E-state index < -0.39 is 22.2 Å². The van der Waals surface area contributed by atoms with Crippen molar-refractivity contribution in [3.8, 4) is 0 Å². The van der Waals surface area contributed by atoms with Crippen molar-refractivity contribution in [2.75, 3.05) is 6.54 Å². The third-order valence-electron chi connectivity index (χ3n) is 3.27. The first kappa shape index (κ1) is 15.0. The van der Waals surface area contributed by atoms with Crippen LogP contribution in [0.15, 0.2) is 16.5 Å². The molecule has 0 amide bonds. The summed E-state index contributed by atoms with van der Waals surface area (Å²) in [5, 5.41) is 9.11. The Bertz CT molecular complexity index is 580. The lowest BCUT2D eigenvalue weighted by Gasteiger charge is -2.31. The highest BCUT2D eigenvalue weighted by molar-refractivity contribution is 7.87. The maximum atomic E-state index is 12.2. The zero-order valence-electron chi connectivity index (χ0n) is 11.2. The topological polar surface area (TPSA) is 99.9 Å². The predicted molar refractivity (Wildman–Crippen MR) is 71.2 cm³/mol. The number of aliphatic carboxylic acids is 1. The van der Waals surface area contributed by atoms with Gasteiger partial charge in [-0.25, -0.2) is 0 Å². The molecule has 1 saturated heterocycles. The second kappa shape index (κ2) is 5.94. The van der Waals surface area contributed by atoms with E-state index in [0.29, 0.717) is 24.4 Å². The first-order chi connectivity index (χ1) is 9.40. The summed E-state index contributed by atoms with van der Waals surface area (Å²) < 4.78 is 33.1. The smallest absolute Gasteiger partial charge is 0.322 e. The van der Waals surface area contributed by atoms with E-state index in [4.69, 9.17) is 9.52 Å². The van der Waals surface area contributed by atoms with Crippen LogP contribution in [0, 0.1) is 6.92 Å². The van der Waals surface area contributed by atoms with E-state index in [1.165, 1.54) is 0 Å². The molecule has 1 fully saturated rings. The summed E-state index contributed by atoms with van der Waals surface area (Å²) in [6, 6.07) is 2.44. The van der Waals surface area contributed by atoms with Crippen LogP contribution in [-0.2, 0) is 21.5 Å². The molecule has 2 N–H and O–H groups in total. The van der Waals surface area contributed by atoms with Gasteiger partial charge in [0.05, 0.1) is 6.54 Å². The number of carbonyl (C=O) groups is 1. The van der Waals surface area contributed by atoms with E-state index in [1.54, 1.807) is 19.1 Å². The number of nitrogens with one attached hydrogen (secondary N) is 1. The first-order valence-corrected chi connectivity index (χ1v) is 7.89. The molecule has 1 atom stereocenters. The lowest BCUT2D eigenvalue weighted by Crippen LogP contribution is -2.51. The summed E-state index contributed by atoms with van der Waals surface area (Å²) in [6.07, 6.45) is 1.74. The second-order valence-corrected chi connectivity index (χ2v) is 6.51. The molecular weight excluding hydrogens is 284 g/mol. The number of rotatable bonds is 5. The van der Waals surface area contributed by atoms with E-state index in [-0.39, 0.29) is 13.1 Å². The van der Waals surface area contributed by atoms with Crippen molar-refractivity contribution >= 4 is 16.2 Å². The monoisotopic (exact) mass is 302 g/mol. The number of nitrogens with zero attached hydrogens (tertiary/aromatic N) is 1. The fourth-order valence-corrected chi connectivity index (χ4v) is 3.66. The van der Waals surface area contributed by atoms with E-state index in [1.807, 2.05) is 0 Å². The van der Waals surface area contributed by atoms with Crippen molar-refractivity contribution in [1.82, 2.24) is 9.03 Å². The molecule has 0 radical (unpaired) electrons. The Morgan fingerprint density at radius 1 is 1.50 bits per heavy atom. The molecule has 8 heteroatoms. The maximum Gasteiger partial charge on any atom is 0.322 e. The van der Waals surface area contributed by atoms with Gasteiger partial charge >= 0.3 is 5.97 Å². The van der Waals surface area contributed by atoms with Crippen LogP contribution >= 0.6 is 0 Å². The highest BCUT2D eigenvalue weighted by Crippen LogP contribution is 2.20. The van der Waals surface area contributed by atoms with E-state index >= 15 is 0 Å². The number of aryl methyl sites for hydroxylation is 1. The summed E-state index contributed by atoms with van der Waals surface area (Å²) in [4.78, 5) is 11.1. The number of hydrogen-bond donors (Lipinski definition) is 2. The third kappa shape index (κ3) is 3.38. The zero-order chi connectivity index (χ0) is 14.8. The van der Waals surface area contributed by atoms with Crippen LogP contribution in [0.3, 0.4) is 0 Å². The van der Waals surface area contributed by atoms with Crippen molar-refractivity contribution in [2.45, 2.75) is 38.8 Å². The molecule has 0 saturated carbocycles. The van der Waals surface area contributed by atoms with Gasteiger partial charge in [-0.2, -0.15) is 17.4 Å². The van der Waals surface area contributed by atoms with Crippen molar-refractivity contribution in [2.24, 2.45) is 0 Å². The average molecular weight is 302 g/mol. The van der Waals surface area contributed by atoms with Gasteiger partial charge in [-0.05, 0) is 38.3 Å². The van der Waals surface area contributed by atoms with Crippen LogP contribution in [-0.4, -0.2) is 36.4 Å². The number of piperidine rings is 1. The summed E-state index contributed by atoms with van der Waals surface area (Å²) in [6.45, 7) is 2.01. The SMILES string of the molecule is Cc1ccc(CNS(=O)(=O)N2CCCCC2C(=O)O)o1.